The quantitative estimate of drug-likeness (QED) is 0.735. The summed E-state index contributed by atoms with van der Waals surface area (Å²) >= 11 is 0. The number of ketones is 1. The second-order valence-electron chi connectivity index (χ2n) is 6.19. The molecule has 0 spiro atoms. The van der Waals surface area contributed by atoms with E-state index < -0.39 is 0 Å². The zero-order valence-corrected chi connectivity index (χ0v) is 12.4. The molecule has 2 nitrogen and oxygen atoms in total. The normalized spacial score (nSPS) is 16.2. The Morgan fingerprint density at radius 3 is 2.40 bits per heavy atom. The van der Waals surface area contributed by atoms with Crippen LogP contribution in [-0.2, 0) is 0 Å². The molecular formula is C17H24FNO. The third-order valence-electron chi connectivity index (χ3n) is 3.95. The van der Waals surface area contributed by atoms with Gasteiger partial charge in [0, 0.05) is 18.2 Å². The van der Waals surface area contributed by atoms with Gasteiger partial charge in [0.25, 0.3) is 0 Å². The van der Waals surface area contributed by atoms with Crippen LogP contribution in [0.5, 0.6) is 0 Å². The van der Waals surface area contributed by atoms with Gasteiger partial charge >= 0.3 is 0 Å². The van der Waals surface area contributed by atoms with Crippen molar-refractivity contribution in [2.24, 2.45) is 5.92 Å². The maximum Gasteiger partial charge on any atom is 0.176 e. The summed E-state index contributed by atoms with van der Waals surface area (Å²) in [4.78, 5) is 14.7. The summed E-state index contributed by atoms with van der Waals surface area (Å²) in [5, 5.41) is 0. The maximum absolute atomic E-state index is 12.9. The molecular weight excluding hydrogens is 253 g/mol. The highest BCUT2D eigenvalue weighted by atomic mass is 19.1. The number of benzene rings is 1. The number of nitrogens with zero attached hydrogens (tertiary/aromatic N) is 1. The topological polar surface area (TPSA) is 20.3 Å². The molecule has 110 valence electrons. The van der Waals surface area contributed by atoms with Crippen LogP contribution in [0.15, 0.2) is 24.3 Å². The highest BCUT2D eigenvalue weighted by molar-refractivity contribution is 5.97. The molecule has 3 heteroatoms. The molecule has 0 N–H and O–H groups in total. The molecule has 1 aromatic carbocycles. The maximum atomic E-state index is 12.9. The van der Waals surface area contributed by atoms with Crippen molar-refractivity contribution >= 4 is 5.78 Å². The number of carbonyl (C=O) groups is 1. The highest BCUT2D eigenvalue weighted by Crippen LogP contribution is 2.24. The van der Waals surface area contributed by atoms with Crippen LogP contribution in [0.25, 0.3) is 0 Å². The van der Waals surface area contributed by atoms with E-state index in [0.29, 0.717) is 24.1 Å². The lowest BCUT2D eigenvalue weighted by atomic mass is 10.1. The minimum Gasteiger partial charge on any atom is -0.293 e. The Morgan fingerprint density at radius 2 is 1.85 bits per heavy atom. The van der Waals surface area contributed by atoms with Crippen LogP contribution < -0.4 is 0 Å². The molecule has 0 unspecified atom stereocenters. The molecule has 0 aliphatic heterocycles. The van der Waals surface area contributed by atoms with Crippen molar-refractivity contribution in [3.63, 3.8) is 0 Å². The molecule has 1 aromatic rings. The van der Waals surface area contributed by atoms with Crippen LogP contribution in [-0.4, -0.2) is 29.8 Å². The molecule has 2 rings (SSSR count). The molecule has 0 radical (unpaired) electrons. The van der Waals surface area contributed by atoms with Gasteiger partial charge < -0.3 is 0 Å². The van der Waals surface area contributed by atoms with Gasteiger partial charge in [0.05, 0.1) is 6.54 Å². The molecule has 0 bridgehead atoms. The van der Waals surface area contributed by atoms with Crippen molar-refractivity contribution in [1.29, 1.82) is 0 Å². The summed E-state index contributed by atoms with van der Waals surface area (Å²) in [6.07, 6.45) is 4.93. The summed E-state index contributed by atoms with van der Waals surface area (Å²) in [5.74, 6) is 0.352. The van der Waals surface area contributed by atoms with E-state index in [2.05, 4.69) is 18.7 Å². The number of rotatable bonds is 6. The molecule has 0 saturated heterocycles. The van der Waals surface area contributed by atoms with Gasteiger partial charge in [-0.3, -0.25) is 9.69 Å². The molecule has 0 amide bonds. The number of carbonyl (C=O) groups excluding carboxylic acids is 1. The van der Waals surface area contributed by atoms with Crippen LogP contribution >= 0.6 is 0 Å². The summed E-state index contributed by atoms with van der Waals surface area (Å²) in [6.45, 7) is 5.78. The third kappa shape index (κ3) is 4.14. The molecule has 1 saturated carbocycles. The van der Waals surface area contributed by atoms with Gasteiger partial charge in [-0.1, -0.05) is 26.7 Å². The average Bonchev–Trinajstić information content (AvgIpc) is 2.92. The van der Waals surface area contributed by atoms with Gasteiger partial charge in [-0.15, -0.1) is 0 Å². The lowest BCUT2D eigenvalue weighted by molar-refractivity contribution is 0.0876. The lowest BCUT2D eigenvalue weighted by Crippen LogP contribution is -2.40. The van der Waals surface area contributed by atoms with Crippen LogP contribution in [0, 0.1) is 11.7 Å². The largest absolute Gasteiger partial charge is 0.293 e. The Labute approximate surface area is 121 Å². The predicted octanol–water partition coefficient (Wildman–Crippen LogP) is 3.91. The van der Waals surface area contributed by atoms with E-state index in [4.69, 9.17) is 0 Å². The Morgan fingerprint density at radius 1 is 1.25 bits per heavy atom. The van der Waals surface area contributed by atoms with E-state index >= 15 is 0 Å². The van der Waals surface area contributed by atoms with E-state index in [1.165, 1.54) is 37.8 Å². The second-order valence-corrected chi connectivity index (χ2v) is 6.19. The van der Waals surface area contributed by atoms with Gasteiger partial charge in [-0.05, 0) is 43.0 Å². The van der Waals surface area contributed by atoms with E-state index in [0.717, 1.165) is 6.54 Å². The molecule has 1 aliphatic rings. The molecule has 0 heterocycles. The fraction of sp³-hybridized carbons (Fsp3) is 0.588. The van der Waals surface area contributed by atoms with Gasteiger partial charge in [0.2, 0.25) is 0 Å². The first kappa shape index (κ1) is 15.2. The number of halogens is 1. The van der Waals surface area contributed by atoms with Gasteiger partial charge in [-0.2, -0.15) is 0 Å². The smallest absolute Gasteiger partial charge is 0.176 e. The van der Waals surface area contributed by atoms with E-state index in [9.17, 15) is 9.18 Å². The van der Waals surface area contributed by atoms with Crippen LogP contribution in [0.4, 0.5) is 4.39 Å². The van der Waals surface area contributed by atoms with E-state index in [-0.39, 0.29) is 11.6 Å². The Balaban J connectivity index is 2.02. The first-order chi connectivity index (χ1) is 9.56. The van der Waals surface area contributed by atoms with Crippen molar-refractivity contribution in [2.45, 2.75) is 45.6 Å². The van der Waals surface area contributed by atoms with Crippen molar-refractivity contribution in [3.05, 3.63) is 35.6 Å². The first-order valence-electron chi connectivity index (χ1n) is 7.59. The fourth-order valence-corrected chi connectivity index (χ4v) is 2.99. The summed E-state index contributed by atoms with van der Waals surface area (Å²) in [7, 11) is 0. The SMILES string of the molecule is CC(C)CN(CC(=O)c1ccc(F)cc1)C1CCCC1. The predicted molar refractivity (Wildman–Crippen MR) is 79.4 cm³/mol. The van der Waals surface area contributed by atoms with Crippen molar-refractivity contribution in [1.82, 2.24) is 4.90 Å². The lowest BCUT2D eigenvalue weighted by Gasteiger charge is -2.29. The minimum atomic E-state index is -0.295. The highest BCUT2D eigenvalue weighted by Gasteiger charge is 2.25. The summed E-state index contributed by atoms with van der Waals surface area (Å²) in [5.41, 5.74) is 0.609. The zero-order chi connectivity index (χ0) is 14.5. The fourth-order valence-electron chi connectivity index (χ4n) is 2.99. The molecule has 0 aromatic heterocycles. The number of hydrogen-bond donors (Lipinski definition) is 0. The first-order valence-corrected chi connectivity index (χ1v) is 7.59. The van der Waals surface area contributed by atoms with Gasteiger partial charge in [0.1, 0.15) is 5.82 Å². The summed E-state index contributed by atoms with van der Waals surface area (Å²) in [6, 6.07) is 6.42. The third-order valence-corrected chi connectivity index (χ3v) is 3.95. The zero-order valence-electron chi connectivity index (χ0n) is 12.4. The van der Waals surface area contributed by atoms with E-state index in [1.807, 2.05) is 0 Å². The van der Waals surface area contributed by atoms with Crippen LogP contribution in [0.2, 0.25) is 0 Å². The molecule has 1 fully saturated rings. The van der Waals surface area contributed by atoms with Crippen molar-refractivity contribution in [2.75, 3.05) is 13.1 Å². The Bertz CT molecular complexity index is 435. The molecule has 1 aliphatic carbocycles. The standard InChI is InChI=1S/C17H24FNO/c1-13(2)11-19(16-5-3-4-6-16)12-17(20)14-7-9-15(18)10-8-14/h7-10,13,16H,3-6,11-12H2,1-2H3. The monoisotopic (exact) mass is 277 g/mol. The Kier molecular flexibility index (Phi) is 5.30. The number of hydrogen-bond acceptors (Lipinski definition) is 2. The molecule has 0 atom stereocenters. The van der Waals surface area contributed by atoms with Crippen molar-refractivity contribution < 1.29 is 9.18 Å². The van der Waals surface area contributed by atoms with Gasteiger partial charge in [0.15, 0.2) is 5.78 Å². The minimum absolute atomic E-state index is 0.0950. The number of Topliss-reactive ketones (excluding diaryl/α,β-unsaturated/α-hetero) is 1. The molecule has 20 heavy (non-hydrogen) atoms. The van der Waals surface area contributed by atoms with Crippen LogP contribution in [0.1, 0.15) is 49.9 Å². The van der Waals surface area contributed by atoms with Crippen LogP contribution in [0.3, 0.4) is 0 Å². The Hall–Kier alpha value is -1.22. The van der Waals surface area contributed by atoms with E-state index in [1.54, 1.807) is 12.1 Å². The van der Waals surface area contributed by atoms with Gasteiger partial charge in [-0.25, -0.2) is 4.39 Å². The summed E-state index contributed by atoms with van der Waals surface area (Å²) < 4.78 is 12.9. The van der Waals surface area contributed by atoms with Crippen molar-refractivity contribution in [3.8, 4) is 0 Å². The average molecular weight is 277 g/mol. The second kappa shape index (κ2) is 6.98.